The Morgan fingerprint density at radius 1 is 1.07 bits per heavy atom. The summed E-state index contributed by atoms with van der Waals surface area (Å²) in [4.78, 5) is 2.91. The number of nitrogens with zero attached hydrogens (tertiary/aromatic N) is 2. The molecule has 1 aliphatic carbocycles. The zero-order valence-corrected chi connectivity index (χ0v) is 15.2. The van der Waals surface area contributed by atoms with Gasteiger partial charge in [-0.05, 0) is 17.7 Å². The molecule has 4 rings (SSSR count). The topological polar surface area (TPSA) is 134 Å². The lowest BCUT2D eigenvalue weighted by molar-refractivity contribution is -0.676. The van der Waals surface area contributed by atoms with Gasteiger partial charge in [0.05, 0.1) is 46.7 Å². The highest BCUT2D eigenvalue weighted by Crippen LogP contribution is 2.79. The number of benzene rings is 1. The minimum absolute atomic E-state index is 0.159. The summed E-state index contributed by atoms with van der Waals surface area (Å²) in [5, 5.41) is 20.2. The van der Waals surface area contributed by atoms with E-state index >= 15 is 0 Å². The Morgan fingerprint density at radius 2 is 1.67 bits per heavy atom. The molecular formula is C18H19N4O5+. The van der Waals surface area contributed by atoms with Crippen LogP contribution in [0.25, 0.3) is 0 Å². The van der Waals surface area contributed by atoms with E-state index in [1.165, 1.54) is 21.3 Å². The summed E-state index contributed by atoms with van der Waals surface area (Å²) in [5.74, 6) is -0.615. The maximum absolute atomic E-state index is 10.1. The SMILES string of the molecule is COc1cc([C@H]2[C@]3(C#N)C(N)=[NH+]C4(OCCO4)[C@]23C#N)cc(OC)c1OC. The molecule has 3 N–H and O–H groups in total. The summed E-state index contributed by atoms with van der Waals surface area (Å²) in [5.41, 5.74) is 4.21. The van der Waals surface area contributed by atoms with E-state index in [1.807, 2.05) is 0 Å². The van der Waals surface area contributed by atoms with E-state index in [2.05, 4.69) is 17.1 Å². The molecule has 1 aromatic rings. The van der Waals surface area contributed by atoms with Crippen LogP contribution in [0.5, 0.6) is 17.2 Å². The molecule has 3 atom stereocenters. The lowest BCUT2D eigenvalue weighted by Crippen LogP contribution is -2.89. The van der Waals surface area contributed by atoms with Gasteiger partial charge in [-0.3, -0.25) is 5.73 Å². The van der Waals surface area contributed by atoms with Crippen LogP contribution in [0.3, 0.4) is 0 Å². The van der Waals surface area contributed by atoms with Gasteiger partial charge in [0.1, 0.15) is 0 Å². The maximum Gasteiger partial charge on any atom is 0.343 e. The van der Waals surface area contributed by atoms with Crippen LogP contribution >= 0.6 is 0 Å². The highest BCUT2D eigenvalue weighted by molar-refractivity contribution is 5.95. The number of fused-ring (bicyclic) bond motifs is 2. The van der Waals surface area contributed by atoms with Crippen LogP contribution in [0.1, 0.15) is 11.5 Å². The van der Waals surface area contributed by atoms with Crippen LogP contribution < -0.4 is 24.9 Å². The standard InChI is InChI=1S/C18H18N4O5/c1-23-11-6-10(7-12(24-2)13(11)25-3)14-16(8-19)15(21)22-18(17(14,16)9-20)26-4-5-27-18/h6-7,14H,4-5H2,1-3H3,(H2,21,22)/p+1/t14-,16+,17+/m0/s1. The van der Waals surface area contributed by atoms with Crippen LogP contribution in [0.2, 0.25) is 0 Å². The first-order chi connectivity index (χ1) is 13.0. The van der Waals surface area contributed by atoms with Gasteiger partial charge >= 0.3 is 5.91 Å². The first-order valence-electron chi connectivity index (χ1n) is 8.33. The second kappa shape index (κ2) is 5.49. The van der Waals surface area contributed by atoms with E-state index in [4.69, 9.17) is 29.4 Å². The van der Waals surface area contributed by atoms with Crippen molar-refractivity contribution in [3.63, 3.8) is 0 Å². The van der Waals surface area contributed by atoms with Crippen molar-refractivity contribution in [2.45, 2.75) is 11.8 Å². The summed E-state index contributed by atoms with van der Waals surface area (Å²) in [7, 11) is 4.51. The van der Waals surface area contributed by atoms with E-state index in [-0.39, 0.29) is 5.84 Å². The molecular weight excluding hydrogens is 352 g/mol. The number of nitrogens with two attached hydrogens (primary N) is 1. The van der Waals surface area contributed by atoms with Crippen molar-refractivity contribution in [3.05, 3.63) is 17.7 Å². The smallest absolute Gasteiger partial charge is 0.343 e. The second-order valence-electron chi connectivity index (χ2n) is 6.58. The summed E-state index contributed by atoms with van der Waals surface area (Å²) in [6.07, 6.45) is 0. The summed E-state index contributed by atoms with van der Waals surface area (Å²) >= 11 is 0. The maximum atomic E-state index is 10.1. The number of amidine groups is 1. The summed E-state index contributed by atoms with van der Waals surface area (Å²) < 4.78 is 27.7. The van der Waals surface area contributed by atoms with Gasteiger partial charge in [-0.15, -0.1) is 0 Å². The van der Waals surface area contributed by atoms with Crippen molar-refractivity contribution in [3.8, 4) is 29.4 Å². The fraction of sp³-hybridized carbons (Fsp3) is 0.500. The van der Waals surface area contributed by atoms with Crippen LogP contribution in [-0.4, -0.2) is 46.3 Å². The average molecular weight is 371 g/mol. The van der Waals surface area contributed by atoms with Gasteiger partial charge in [0, 0.05) is 5.92 Å². The zero-order chi connectivity index (χ0) is 19.4. The summed E-state index contributed by atoms with van der Waals surface area (Å²) in [6.45, 7) is 0.598. The van der Waals surface area contributed by atoms with Crippen molar-refractivity contribution >= 4 is 5.84 Å². The number of hydrogen-bond donors (Lipinski definition) is 2. The Kier molecular flexibility index (Phi) is 3.54. The number of ether oxygens (including phenoxy) is 5. The number of nitriles is 2. The van der Waals surface area contributed by atoms with Crippen molar-refractivity contribution < 1.29 is 28.7 Å². The molecule has 27 heavy (non-hydrogen) atoms. The predicted octanol–water partition coefficient (Wildman–Crippen LogP) is -1.02. The number of methoxy groups -OCH3 is 3. The van der Waals surface area contributed by atoms with E-state index in [0.29, 0.717) is 36.0 Å². The Balaban J connectivity index is 1.93. The molecule has 1 saturated heterocycles. The van der Waals surface area contributed by atoms with Gasteiger partial charge in [-0.25, -0.2) is 4.99 Å². The van der Waals surface area contributed by atoms with Gasteiger partial charge in [-0.2, -0.15) is 10.5 Å². The van der Waals surface area contributed by atoms with E-state index in [0.717, 1.165) is 0 Å². The van der Waals surface area contributed by atoms with Crippen LogP contribution in [0, 0.1) is 33.5 Å². The van der Waals surface area contributed by atoms with Crippen molar-refractivity contribution in [2.24, 2.45) is 16.6 Å². The Labute approximate surface area is 155 Å². The molecule has 0 bridgehead atoms. The highest BCUT2D eigenvalue weighted by Gasteiger charge is 2.97. The molecule has 1 aromatic carbocycles. The van der Waals surface area contributed by atoms with Gasteiger partial charge in [0.25, 0.3) is 5.84 Å². The van der Waals surface area contributed by atoms with Crippen LogP contribution in [0.15, 0.2) is 12.1 Å². The molecule has 2 heterocycles. The van der Waals surface area contributed by atoms with Gasteiger partial charge < -0.3 is 23.7 Å². The second-order valence-corrected chi connectivity index (χ2v) is 6.58. The predicted molar refractivity (Wildman–Crippen MR) is 89.7 cm³/mol. The van der Waals surface area contributed by atoms with Gasteiger partial charge in [0.15, 0.2) is 22.3 Å². The lowest BCUT2D eigenvalue weighted by atomic mass is 9.94. The Bertz CT molecular complexity index is 902. The summed E-state index contributed by atoms with van der Waals surface area (Å²) in [6, 6.07) is 7.95. The third kappa shape index (κ3) is 1.71. The van der Waals surface area contributed by atoms with E-state index in [9.17, 15) is 10.5 Å². The molecule has 2 fully saturated rings. The number of nitrogens with one attached hydrogen (secondary N) is 1. The first kappa shape index (κ1) is 17.4. The minimum Gasteiger partial charge on any atom is -0.493 e. The van der Waals surface area contributed by atoms with Crippen LogP contribution in [0.4, 0.5) is 0 Å². The molecule has 1 spiro atoms. The van der Waals surface area contributed by atoms with E-state index < -0.39 is 22.7 Å². The molecule has 0 radical (unpaired) electrons. The third-order valence-corrected chi connectivity index (χ3v) is 5.71. The average Bonchev–Trinajstić information content (AvgIpc) is 2.95. The zero-order valence-electron chi connectivity index (χ0n) is 15.2. The lowest BCUT2D eigenvalue weighted by Gasteiger charge is -2.23. The molecule has 140 valence electrons. The monoisotopic (exact) mass is 371 g/mol. The highest BCUT2D eigenvalue weighted by atomic mass is 16.8. The Morgan fingerprint density at radius 3 is 2.11 bits per heavy atom. The molecule has 0 amide bonds. The van der Waals surface area contributed by atoms with Crippen molar-refractivity contribution in [2.75, 3.05) is 34.5 Å². The van der Waals surface area contributed by atoms with Crippen molar-refractivity contribution in [1.82, 2.24) is 0 Å². The number of hydrogen-bond acceptors (Lipinski definition) is 8. The molecule has 3 aliphatic rings. The molecule has 9 heteroatoms. The normalized spacial score (nSPS) is 32.2. The number of rotatable bonds is 4. The van der Waals surface area contributed by atoms with E-state index in [1.54, 1.807) is 12.1 Å². The quantitative estimate of drug-likeness (QED) is 0.687. The third-order valence-electron chi connectivity index (χ3n) is 5.71. The fourth-order valence-corrected chi connectivity index (χ4v) is 4.59. The van der Waals surface area contributed by atoms with Gasteiger partial charge in [-0.1, -0.05) is 0 Å². The molecule has 2 aliphatic heterocycles. The van der Waals surface area contributed by atoms with Gasteiger partial charge in [0.2, 0.25) is 5.75 Å². The van der Waals surface area contributed by atoms with Crippen molar-refractivity contribution in [1.29, 1.82) is 10.5 Å². The Hall–Kier alpha value is -3.01. The molecule has 1 saturated carbocycles. The molecule has 0 unspecified atom stereocenters. The molecule has 9 nitrogen and oxygen atoms in total. The molecule has 0 aromatic heterocycles. The largest absolute Gasteiger partial charge is 0.493 e. The minimum atomic E-state index is -1.45. The van der Waals surface area contributed by atoms with Crippen LogP contribution in [-0.2, 0) is 9.47 Å². The fourth-order valence-electron chi connectivity index (χ4n) is 4.59. The first-order valence-corrected chi connectivity index (χ1v) is 8.33.